The van der Waals surface area contributed by atoms with E-state index in [1.54, 1.807) is 11.3 Å². The lowest BCUT2D eigenvalue weighted by atomic mass is 9.93. The van der Waals surface area contributed by atoms with Gasteiger partial charge in [-0.2, -0.15) is 0 Å². The van der Waals surface area contributed by atoms with E-state index in [0.717, 1.165) is 37.0 Å². The smallest absolute Gasteiger partial charge is 0.261 e. The van der Waals surface area contributed by atoms with Crippen molar-refractivity contribution in [1.82, 2.24) is 5.32 Å². The third-order valence-corrected chi connectivity index (χ3v) is 4.75. The molecule has 0 unspecified atom stereocenters. The Kier molecular flexibility index (Phi) is 4.40. The van der Waals surface area contributed by atoms with Gasteiger partial charge in [0.15, 0.2) is 0 Å². The lowest BCUT2D eigenvalue weighted by molar-refractivity contribution is 0.0871. The second kappa shape index (κ2) is 5.85. The third-order valence-electron chi connectivity index (χ3n) is 3.66. The number of carbonyl (C=O) groups is 1. The number of aryl methyl sites for hydroxylation is 2. The number of hydrogen-bond donors (Lipinski definition) is 2. The highest BCUT2D eigenvalue weighted by atomic mass is 32.1. The van der Waals surface area contributed by atoms with Crippen molar-refractivity contribution in [3.63, 3.8) is 0 Å². The Bertz CT molecular complexity index is 419. The molecule has 1 heterocycles. The van der Waals surface area contributed by atoms with E-state index in [2.05, 4.69) is 19.2 Å². The largest absolute Gasteiger partial charge is 0.393 e. The van der Waals surface area contributed by atoms with Gasteiger partial charge in [-0.1, -0.05) is 6.92 Å². The fourth-order valence-corrected chi connectivity index (χ4v) is 3.48. The molecule has 3 nitrogen and oxygen atoms in total. The highest BCUT2D eigenvalue weighted by molar-refractivity contribution is 7.14. The minimum Gasteiger partial charge on any atom is -0.393 e. The summed E-state index contributed by atoms with van der Waals surface area (Å²) >= 11 is 1.57. The van der Waals surface area contributed by atoms with Gasteiger partial charge in [-0.25, -0.2) is 0 Å². The van der Waals surface area contributed by atoms with E-state index in [1.807, 2.05) is 6.07 Å². The molecular weight excluding hydrogens is 246 g/mol. The van der Waals surface area contributed by atoms with Crippen molar-refractivity contribution in [3.05, 3.63) is 21.4 Å². The molecule has 0 radical (unpaired) electrons. The monoisotopic (exact) mass is 267 g/mol. The summed E-state index contributed by atoms with van der Waals surface area (Å²) in [6, 6.07) is 2.24. The van der Waals surface area contributed by atoms with Gasteiger partial charge in [0.05, 0.1) is 11.0 Å². The van der Waals surface area contributed by atoms with Crippen molar-refractivity contribution in [2.75, 3.05) is 0 Å². The first-order valence-electron chi connectivity index (χ1n) is 6.68. The van der Waals surface area contributed by atoms with Crippen LogP contribution in [0, 0.1) is 6.92 Å². The van der Waals surface area contributed by atoms with E-state index in [9.17, 15) is 9.90 Å². The molecule has 1 amide bonds. The molecule has 1 aromatic heterocycles. The Morgan fingerprint density at radius 1 is 1.44 bits per heavy atom. The fraction of sp³-hybridized carbons (Fsp3) is 0.643. The minimum atomic E-state index is -0.172. The average molecular weight is 267 g/mol. The number of carbonyl (C=O) groups excluding carboxylic acids is 1. The molecule has 0 aliphatic heterocycles. The Balaban J connectivity index is 1.94. The van der Waals surface area contributed by atoms with Gasteiger partial charge in [0.2, 0.25) is 0 Å². The van der Waals surface area contributed by atoms with Crippen LogP contribution in [0.15, 0.2) is 6.07 Å². The summed E-state index contributed by atoms with van der Waals surface area (Å²) < 4.78 is 0. The van der Waals surface area contributed by atoms with E-state index in [1.165, 1.54) is 10.4 Å². The summed E-state index contributed by atoms with van der Waals surface area (Å²) in [4.78, 5) is 14.2. The van der Waals surface area contributed by atoms with E-state index in [-0.39, 0.29) is 18.1 Å². The lowest BCUT2D eigenvalue weighted by Gasteiger charge is -2.25. The van der Waals surface area contributed by atoms with Crippen molar-refractivity contribution >= 4 is 17.2 Å². The molecule has 0 aromatic carbocycles. The summed E-state index contributed by atoms with van der Waals surface area (Å²) in [7, 11) is 0. The van der Waals surface area contributed by atoms with Crippen LogP contribution in [0.1, 0.15) is 52.7 Å². The predicted molar refractivity (Wildman–Crippen MR) is 74.2 cm³/mol. The highest BCUT2D eigenvalue weighted by Gasteiger charge is 2.22. The normalized spacial score (nSPS) is 23.9. The molecule has 1 aliphatic rings. The maximum absolute atomic E-state index is 12.1. The van der Waals surface area contributed by atoms with Gasteiger partial charge in [0.25, 0.3) is 5.91 Å². The first kappa shape index (κ1) is 13.6. The van der Waals surface area contributed by atoms with Crippen LogP contribution in [0.5, 0.6) is 0 Å². The van der Waals surface area contributed by atoms with Crippen LogP contribution in [0.4, 0.5) is 0 Å². The first-order valence-corrected chi connectivity index (χ1v) is 7.50. The van der Waals surface area contributed by atoms with Gasteiger partial charge in [-0.3, -0.25) is 4.79 Å². The zero-order chi connectivity index (χ0) is 13.1. The first-order chi connectivity index (χ1) is 8.60. The van der Waals surface area contributed by atoms with Crippen LogP contribution in [0.25, 0.3) is 0 Å². The molecule has 2 rings (SSSR count). The topological polar surface area (TPSA) is 49.3 Å². The second-order valence-corrected chi connectivity index (χ2v) is 6.28. The SMILES string of the molecule is CCc1cc(C(=O)NC2CCC(O)CC2)sc1C. The molecular formula is C14H21NO2S. The molecule has 0 atom stereocenters. The number of hydrogen-bond acceptors (Lipinski definition) is 3. The molecule has 1 aromatic rings. The van der Waals surface area contributed by atoms with Gasteiger partial charge in [0, 0.05) is 10.9 Å². The number of thiophene rings is 1. The van der Waals surface area contributed by atoms with Crippen LogP contribution >= 0.6 is 11.3 Å². The Labute approximate surface area is 112 Å². The molecule has 0 bridgehead atoms. The van der Waals surface area contributed by atoms with Crippen molar-refractivity contribution in [2.24, 2.45) is 0 Å². The Hall–Kier alpha value is -0.870. The Morgan fingerprint density at radius 3 is 2.67 bits per heavy atom. The van der Waals surface area contributed by atoms with Crippen LogP contribution < -0.4 is 5.32 Å². The fourth-order valence-electron chi connectivity index (χ4n) is 2.46. The van der Waals surface area contributed by atoms with E-state index < -0.39 is 0 Å². The van der Waals surface area contributed by atoms with Crippen LogP contribution in [-0.2, 0) is 6.42 Å². The van der Waals surface area contributed by atoms with Crippen molar-refractivity contribution in [1.29, 1.82) is 0 Å². The molecule has 1 aliphatic carbocycles. The van der Waals surface area contributed by atoms with Gasteiger partial charge in [-0.05, 0) is 50.7 Å². The molecule has 1 saturated carbocycles. The van der Waals surface area contributed by atoms with Crippen LogP contribution in [-0.4, -0.2) is 23.2 Å². The molecule has 1 fully saturated rings. The summed E-state index contributed by atoms with van der Waals surface area (Å²) in [6.07, 6.45) is 4.18. The predicted octanol–water partition coefficient (Wildman–Crippen LogP) is 2.65. The van der Waals surface area contributed by atoms with Gasteiger partial charge in [0.1, 0.15) is 0 Å². The summed E-state index contributed by atoms with van der Waals surface area (Å²) in [5.41, 5.74) is 1.27. The average Bonchev–Trinajstić information content (AvgIpc) is 2.73. The Morgan fingerprint density at radius 2 is 2.11 bits per heavy atom. The molecule has 0 spiro atoms. The minimum absolute atomic E-state index is 0.0455. The molecule has 2 N–H and O–H groups in total. The van der Waals surface area contributed by atoms with E-state index in [0.29, 0.717) is 0 Å². The zero-order valence-corrected chi connectivity index (χ0v) is 11.8. The summed E-state index contributed by atoms with van der Waals surface area (Å²) in [6.45, 7) is 4.18. The second-order valence-electron chi connectivity index (χ2n) is 5.02. The maximum atomic E-state index is 12.1. The number of aliphatic hydroxyl groups is 1. The standard InChI is InChI=1S/C14H21NO2S/c1-3-10-8-13(18-9(10)2)14(17)15-11-4-6-12(16)7-5-11/h8,11-12,16H,3-7H2,1-2H3,(H,15,17). The molecule has 18 heavy (non-hydrogen) atoms. The molecule has 4 heteroatoms. The van der Waals surface area contributed by atoms with E-state index >= 15 is 0 Å². The van der Waals surface area contributed by atoms with Crippen molar-refractivity contribution in [3.8, 4) is 0 Å². The van der Waals surface area contributed by atoms with Gasteiger partial charge >= 0.3 is 0 Å². The maximum Gasteiger partial charge on any atom is 0.261 e. The quantitative estimate of drug-likeness (QED) is 0.884. The number of rotatable bonds is 3. The van der Waals surface area contributed by atoms with Crippen LogP contribution in [0.3, 0.4) is 0 Å². The lowest BCUT2D eigenvalue weighted by Crippen LogP contribution is -2.38. The summed E-state index contributed by atoms with van der Waals surface area (Å²) in [5, 5.41) is 12.5. The van der Waals surface area contributed by atoms with Crippen molar-refractivity contribution in [2.45, 2.75) is 58.1 Å². The van der Waals surface area contributed by atoms with E-state index in [4.69, 9.17) is 0 Å². The van der Waals surface area contributed by atoms with Gasteiger partial charge in [-0.15, -0.1) is 11.3 Å². The molecule has 0 saturated heterocycles. The third kappa shape index (κ3) is 3.12. The van der Waals surface area contributed by atoms with Crippen LogP contribution in [0.2, 0.25) is 0 Å². The summed E-state index contributed by atoms with van der Waals surface area (Å²) in [5.74, 6) is 0.0455. The number of aliphatic hydroxyl groups excluding tert-OH is 1. The number of amides is 1. The van der Waals surface area contributed by atoms with Gasteiger partial charge < -0.3 is 10.4 Å². The van der Waals surface area contributed by atoms with Crippen molar-refractivity contribution < 1.29 is 9.90 Å². The number of nitrogens with one attached hydrogen (secondary N) is 1. The zero-order valence-electron chi connectivity index (χ0n) is 11.0. The highest BCUT2D eigenvalue weighted by Crippen LogP contribution is 2.23. The molecule has 100 valence electrons.